The quantitative estimate of drug-likeness (QED) is 0.496. The number of carbonyl (C=O) groups excluding carboxylic acids is 2. The number of esters is 1. The Morgan fingerprint density at radius 3 is 2.79 bits per heavy atom. The summed E-state index contributed by atoms with van der Waals surface area (Å²) >= 11 is 1.90. The lowest BCUT2D eigenvalue weighted by molar-refractivity contribution is -0.139. The summed E-state index contributed by atoms with van der Waals surface area (Å²) < 4.78 is 24.7. The van der Waals surface area contributed by atoms with Crippen molar-refractivity contribution in [1.82, 2.24) is 0 Å². The fourth-order valence-corrected chi connectivity index (χ4v) is 4.07. The fraction of sp³-hybridized carbons (Fsp3) is 0.353. The Bertz CT molecular complexity index is 832. The first kappa shape index (κ1) is 15.9. The molecule has 1 fully saturated rings. The maximum Gasteiger partial charge on any atom is 0.337 e. The van der Waals surface area contributed by atoms with Gasteiger partial charge in [-0.2, -0.15) is 0 Å². The molecule has 1 aromatic rings. The van der Waals surface area contributed by atoms with Crippen molar-refractivity contribution in [2.75, 3.05) is 13.2 Å². The zero-order valence-corrected chi connectivity index (χ0v) is 14.9. The van der Waals surface area contributed by atoms with Crippen LogP contribution >= 0.6 is 22.6 Å². The van der Waals surface area contributed by atoms with Gasteiger partial charge in [0.2, 0.25) is 0 Å². The number of halogens is 2. The van der Waals surface area contributed by atoms with Gasteiger partial charge in [0.15, 0.2) is 5.78 Å². The summed E-state index contributed by atoms with van der Waals surface area (Å²) in [6.07, 6.45) is -0.458. The van der Waals surface area contributed by atoms with Crippen LogP contribution in [-0.4, -0.2) is 36.8 Å². The first-order valence-corrected chi connectivity index (χ1v) is 8.63. The van der Waals surface area contributed by atoms with E-state index in [2.05, 4.69) is 4.99 Å². The van der Waals surface area contributed by atoms with E-state index in [1.807, 2.05) is 22.6 Å². The molecule has 0 saturated carbocycles. The second-order valence-corrected chi connectivity index (χ2v) is 7.20. The Morgan fingerprint density at radius 2 is 2.04 bits per heavy atom. The van der Waals surface area contributed by atoms with Gasteiger partial charge in [-0.25, -0.2) is 9.18 Å². The van der Waals surface area contributed by atoms with Crippen molar-refractivity contribution in [3.8, 4) is 0 Å². The monoisotopic (exact) mass is 441 g/mol. The maximum atomic E-state index is 13.7. The molecule has 24 heavy (non-hydrogen) atoms. The van der Waals surface area contributed by atoms with Gasteiger partial charge in [-0.3, -0.25) is 9.79 Å². The summed E-state index contributed by atoms with van der Waals surface area (Å²) in [6, 6.07) is 4.65. The van der Waals surface area contributed by atoms with Gasteiger partial charge >= 0.3 is 5.97 Å². The van der Waals surface area contributed by atoms with E-state index in [1.165, 1.54) is 6.07 Å². The highest BCUT2D eigenvalue weighted by molar-refractivity contribution is 14.1. The number of ether oxygens (including phenoxy) is 2. The van der Waals surface area contributed by atoms with Gasteiger partial charge in [0, 0.05) is 9.49 Å². The van der Waals surface area contributed by atoms with Crippen molar-refractivity contribution >= 4 is 40.1 Å². The first-order valence-electron chi connectivity index (χ1n) is 7.55. The maximum absolute atomic E-state index is 13.7. The zero-order valence-electron chi connectivity index (χ0n) is 12.7. The number of fused-ring (bicyclic) bond motifs is 1. The molecule has 0 spiro atoms. The molecule has 0 aliphatic carbocycles. The summed E-state index contributed by atoms with van der Waals surface area (Å²) in [6.45, 7) is 2.00. The molecule has 7 heteroatoms. The Morgan fingerprint density at radius 1 is 1.25 bits per heavy atom. The number of Topliss-reactive ketones (excluding diaryl/α,β-unsaturated/α-hetero) is 1. The van der Waals surface area contributed by atoms with Crippen LogP contribution in [0.4, 0.5) is 4.39 Å². The summed E-state index contributed by atoms with van der Waals surface area (Å²) in [5.74, 6) is -1.97. The van der Waals surface area contributed by atoms with E-state index in [-0.39, 0.29) is 24.8 Å². The summed E-state index contributed by atoms with van der Waals surface area (Å²) in [7, 11) is 0. The fourth-order valence-electron chi connectivity index (χ4n) is 3.53. The molecule has 5 nitrogen and oxygen atoms in total. The Balaban J connectivity index is 1.92. The number of nitrogens with zero attached hydrogens (tertiary/aromatic N) is 1. The van der Waals surface area contributed by atoms with Gasteiger partial charge in [0.05, 0.1) is 29.5 Å². The van der Waals surface area contributed by atoms with Crippen LogP contribution < -0.4 is 0 Å². The molecule has 3 heterocycles. The topological polar surface area (TPSA) is 65.0 Å². The predicted molar refractivity (Wildman–Crippen MR) is 91.2 cm³/mol. The van der Waals surface area contributed by atoms with Gasteiger partial charge in [-0.05, 0) is 47.2 Å². The number of rotatable bonds is 1. The number of carbonyl (C=O) groups is 2. The number of hydrogen-bond donors (Lipinski definition) is 0. The van der Waals surface area contributed by atoms with Crippen LogP contribution in [0, 0.1) is 15.3 Å². The van der Waals surface area contributed by atoms with Crippen molar-refractivity contribution < 1.29 is 23.5 Å². The minimum atomic E-state index is -0.559. The average molecular weight is 441 g/mol. The van der Waals surface area contributed by atoms with E-state index < -0.39 is 23.9 Å². The lowest BCUT2D eigenvalue weighted by Crippen LogP contribution is -2.43. The van der Waals surface area contributed by atoms with Gasteiger partial charge in [-0.1, -0.05) is 6.07 Å². The van der Waals surface area contributed by atoms with Crippen LogP contribution in [0.2, 0.25) is 0 Å². The van der Waals surface area contributed by atoms with Gasteiger partial charge in [-0.15, -0.1) is 0 Å². The van der Waals surface area contributed by atoms with Crippen LogP contribution in [0.3, 0.4) is 0 Å². The average Bonchev–Trinajstić information content (AvgIpc) is 2.83. The lowest BCUT2D eigenvalue weighted by atomic mass is 9.73. The molecule has 1 aromatic carbocycles. The highest BCUT2D eigenvalue weighted by atomic mass is 127. The molecule has 1 saturated heterocycles. The third-order valence-corrected chi connectivity index (χ3v) is 5.40. The molecule has 3 aliphatic rings. The van der Waals surface area contributed by atoms with Crippen molar-refractivity contribution in [2.24, 2.45) is 10.9 Å². The van der Waals surface area contributed by atoms with Crippen molar-refractivity contribution in [1.29, 1.82) is 0 Å². The Kier molecular flexibility index (Phi) is 3.80. The minimum absolute atomic E-state index is 0.00825. The molecule has 1 unspecified atom stereocenters. The van der Waals surface area contributed by atoms with Crippen molar-refractivity contribution in [2.45, 2.75) is 18.9 Å². The van der Waals surface area contributed by atoms with E-state index in [0.29, 0.717) is 26.1 Å². The lowest BCUT2D eigenvalue weighted by Gasteiger charge is -2.34. The second-order valence-electron chi connectivity index (χ2n) is 6.04. The Hall–Kier alpha value is -1.61. The molecule has 0 radical (unpaired) electrons. The Labute approximate surface area is 151 Å². The summed E-state index contributed by atoms with van der Waals surface area (Å²) in [5.41, 5.74) is 2.29. The SMILES string of the molecule is C[C@H]1OC(=O)C2=C1N=C1COCC(=O)C1[C@@H]2c1ccc(F)c(I)c1. The second kappa shape index (κ2) is 5.73. The molecule has 0 amide bonds. The number of cyclic esters (lactones) is 1. The molecule has 0 bridgehead atoms. The number of ketones is 1. The summed E-state index contributed by atoms with van der Waals surface area (Å²) in [4.78, 5) is 29.3. The third kappa shape index (κ3) is 2.33. The largest absolute Gasteiger partial charge is 0.453 e. The van der Waals surface area contributed by atoms with Gasteiger partial charge in [0.25, 0.3) is 0 Å². The van der Waals surface area contributed by atoms with Crippen molar-refractivity contribution in [3.05, 3.63) is 44.4 Å². The minimum Gasteiger partial charge on any atom is -0.453 e. The number of benzene rings is 1. The molecule has 4 rings (SSSR count). The van der Waals surface area contributed by atoms with Gasteiger partial charge < -0.3 is 9.47 Å². The zero-order chi connectivity index (χ0) is 17.0. The molecule has 3 aliphatic heterocycles. The number of aliphatic imine (C=N–C) groups is 1. The van der Waals surface area contributed by atoms with E-state index >= 15 is 0 Å². The van der Waals surface area contributed by atoms with E-state index in [1.54, 1.807) is 19.1 Å². The van der Waals surface area contributed by atoms with Crippen LogP contribution in [0.5, 0.6) is 0 Å². The highest BCUT2D eigenvalue weighted by Gasteiger charge is 2.48. The number of hydrogen-bond acceptors (Lipinski definition) is 5. The molecule has 0 aromatic heterocycles. The van der Waals surface area contributed by atoms with Crippen LogP contribution in [0.15, 0.2) is 34.5 Å². The molecule has 3 atom stereocenters. The highest BCUT2D eigenvalue weighted by Crippen LogP contribution is 2.45. The molecule has 124 valence electrons. The normalized spacial score (nSPS) is 29.1. The standard InChI is InChI=1S/C17H13FINO4/c1-7-16-15(17(22)24-7)13(8-2-3-9(18)10(19)4-8)14-11(20-16)5-23-6-12(14)21/h2-4,7,13-14H,5-6H2,1H3/t7-,13+,14?/m1/s1. The van der Waals surface area contributed by atoms with Crippen LogP contribution in [0.1, 0.15) is 18.4 Å². The summed E-state index contributed by atoms with van der Waals surface area (Å²) in [5, 5.41) is 0. The van der Waals surface area contributed by atoms with Crippen LogP contribution in [0.25, 0.3) is 0 Å². The molecule has 0 N–H and O–H groups in total. The van der Waals surface area contributed by atoms with Crippen molar-refractivity contribution in [3.63, 3.8) is 0 Å². The van der Waals surface area contributed by atoms with Gasteiger partial charge in [0.1, 0.15) is 18.5 Å². The molecular weight excluding hydrogens is 428 g/mol. The predicted octanol–water partition coefficient (Wildman–Crippen LogP) is 2.38. The smallest absolute Gasteiger partial charge is 0.337 e. The van der Waals surface area contributed by atoms with E-state index in [4.69, 9.17) is 9.47 Å². The third-order valence-electron chi connectivity index (χ3n) is 4.58. The van der Waals surface area contributed by atoms with E-state index in [9.17, 15) is 14.0 Å². The van der Waals surface area contributed by atoms with E-state index in [0.717, 1.165) is 0 Å². The first-order chi connectivity index (χ1) is 11.5. The van der Waals surface area contributed by atoms with Crippen LogP contribution in [-0.2, 0) is 19.1 Å². The molecular formula is C17H13FINO4.